The summed E-state index contributed by atoms with van der Waals surface area (Å²) < 4.78 is 39.5. The number of nitrogens with one attached hydrogen (secondary N) is 2. The van der Waals surface area contributed by atoms with Crippen molar-refractivity contribution < 1.29 is 18.0 Å². The van der Waals surface area contributed by atoms with E-state index in [-0.39, 0.29) is 30.5 Å². The van der Waals surface area contributed by atoms with Crippen molar-refractivity contribution in [1.29, 1.82) is 0 Å². The van der Waals surface area contributed by atoms with Crippen LogP contribution < -0.4 is 10.6 Å². The quantitative estimate of drug-likeness (QED) is 0.161. The molecule has 9 heteroatoms. The van der Waals surface area contributed by atoms with Crippen LogP contribution in [0.1, 0.15) is 12.8 Å². The predicted octanol–water partition coefficient (Wildman–Crippen LogP) is 3.13. The highest BCUT2D eigenvalue weighted by Gasteiger charge is 2.15. The average Bonchev–Trinajstić information content (AvgIpc) is 2.56. The lowest BCUT2D eigenvalue weighted by molar-refractivity contribution is -0.115. The molecule has 0 aliphatic rings. The molecule has 25 heavy (non-hydrogen) atoms. The molecule has 2 N–H and O–H groups in total. The summed E-state index contributed by atoms with van der Waals surface area (Å²) in [5, 5.41) is 4.99. The fourth-order valence-corrected chi connectivity index (χ4v) is 1.94. The van der Waals surface area contributed by atoms with Crippen molar-refractivity contribution in [3.05, 3.63) is 42.2 Å². The fraction of sp³-hybridized carbons (Fsp3) is 0.375. The highest BCUT2D eigenvalue weighted by molar-refractivity contribution is 14.0. The molecule has 5 nitrogen and oxygen atoms in total. The zero-order valence-corrected chi connectivity index (χ0v) is 16.4. The second-order valence-electron chi connectivity index (χ2n) is 5.02. The minimum atomic E-state index is -1.63. The molecular formula is C16H22F3IN4O. The van der Waals surface area contributed by atoms with Crippen LogP contribution in [0.25, 0.3) is 0 Å². The maximum absolute atomic E-state index is 13.5. The van der Waals surface area contributed by atoms with Crippen LogP contribution in [0.3, 0.4) is 0 Å². The first kappa shape index (κ1) is 23.2. The molecule has 0 unspecified atom stereocenters. The molecule has 1 rings (SSSR count). The summed E-state index contributed by atoms with van der Waals surface area (Å²) in [5.74, 6) is -4.50. The number of guanidine groups is 1. The molecule has 0 saturated heterocycles. The van der Waals surface area contributed by atoms with Crippen LogP contribution >= 0.6 is 24.0 Å². The molecular weight excluding hydrogens is 448 g/mol. The van der Waals surface area contributed by atoms with Gasteiger partial charge in [0.15, 0.2) is 23.4 Å². The number of benzene rings is 1. The first-order valence-electron chi connectivity index (χ1n) is 7.36. The number of halogens is 4. The zero-order chi connectivity index (χ0) is 18.1. The monoisotopic (exact) mass is 470 g/mol. The minimum Gasteiger partial charge on any atom is -0.347 e. The normalized spacial score (nSPS) is 10.7. The first-order valence-corrected chi connectivity index (χ1v) is 7.36. The topological polar surface area (TPSA) is 56.7 Å². The fourth-order valence-electron chi connectivity index (χ4n) is 1.94. The van der Waals surface area contributed by atoms with Gasteiger partial charge in [0.2, 0.25) is 5.91 Å². The summed E-state index contributed by atoms with van der Waals surface area (Å²) in [5.41, 5.74) is -0.421. The number of hydrogen-bond acceptors (Lipinski definition) is 2. The number of nitrogens with zero attached hydrogens (tertiary/aromatic N) is 2. The van der Waals surface area contributed by atoms with Crippen LogP contribution in [0.15, 0.2) is 29.8 Å². The van der Waals surface area contributed by atoms with E-state index in [9.17, 15) is 18.0 Å². The summed E-state index contributed by atoms with van der Waals surface area (Å²) >= 11 is 0. The number of anilines is 1. The van der Waals surface area contributed by atoms with Crippen molar-refractivity contribution in [1.82, 2.24) is 10.2 Å². The highest BCUT2D eigenvalue weighted by Crippen LogP contribution is 2.19. The van der Waals surface area contributed by atoms with Gasteiger partial charge in [-0.05, 0) is 25.0 Å². The van der Waals surface area contributed by atoms with Gasteiger partial charge in [-0.3, -0.25) is 9.79 Å². The van der Waals surface area contributed by atoms with E-state index < -0.39 is 29.0 Å². The van der Waals surface area contributed by atoms with E-state index in [1.807, 2.05) is 18.0 Å². The van der Waals surface area contributed by atoms with Crippen molar-refractivity contribution >= 4 is 41.5 Å². The number of hydrogen-bond donors (Lipinski definition) is 2. The van der Waals surface area contributed by atoms with Gasteiger partial charge in [-0.15, -0.1) is 30.6 Å². The third kappa shape index (κ3) is 7.32. The number of amides is 1. The number of allylic oxidation sites excluding steroid dienone is 1. The van der Waals surface area contributed by atoms with E-state index in [0.29, 0.717) is 12.5 Å². The Kier molecular flexibility index (Phi) is 10.9. The van der Waals surface area contributed by atoms with Crippen LogP contribution in [0.2, 0.25) is 0 Å². The summed E-state index contributed by atoms with van der Waals surface area (Å²) in [6.07, 6.45) is 3.55. The van der Waals surface area contributed by atoms with E-state index in [0.717, 1.165) is 25.0 Å². The standard InChI is InChI=1S/C16H21F3N4O.HI/c1-4-5-6-9-23(3)16(20-2)21-10-13(24)22-12-8-7-11(17)14(18)15(12)19;/h4,7-8H,1,5-6,9-10H2,2-3H3,(H,20,21)(H,22,24);1H. The third-order valence-corrected chi connectivity index (χ3v) is 3.19. The number of rotatable bonds is 7. The van der Waals surface area contributed by atoms with Crippen LogP contribution in [-0.4, -0.2) is 44.0 Å². The van der Waals surface area contributed by atoms with Gasteiger partial charge in [-0.2, -0.15) is 0 Å². The Labute approximate surface area is 162 Å². The molecule has 0 aliphatic carbocycles. The van der Waals surface area contributed by atoms with Gasteiger partial charge in [-0.1, -0.05) is 6.08 Å². The Bertz CT molecular complexity index is 626. The van der Waals surface area contributed by atoms with E-state index in [1.54, 1.807) is 7.05 Å². The summed E-state index contributed by atoms with van der Waals surface area (Å²) in [4.78, 5) is 17.7. The van der Waals surface area contributed by atoms with Gasteiger partial charge in [-0.25, -0.2) is 13.2 Å². The Morgan fingerprint density at radius 2 is 2.00 bits per heavy atom. The predicted molar refractivity (Wildman–Crippen MR) is 104 cm³/mol. The lowest BCUT2D eigenvalue weighted by Crippen LogP contribution is -2.42. The second-order valence-corrected chi connectivity index (χ2v) is 5.02. The van der Waals surface area contributed by atoms with Gasteiger partial charge in [0.1, 0.15) is 0 Å². The van der Waals surface area contributed by atoms with Gasteiger partial charge >= 0.3 is 0 Å². The lowest BCUT2D eigenvalue weighted by atomic mass is 10.2. The average molecular weight is 470 g/mol. The van der Waals surface area contributed by atoms with E-state index in [2.05, 4.69) is 22.2 Å². The lowest BCUT2D eigenvalue weighted by Gasteiger charge is -2.21. The van der Waals surface area contributed by atoms with Gasteiger partial charge in [0, 0.05) is 20.6 Å². The molecule has 1 aromatic rings. The number of unbranched alkanes of at least 4 members (excludes halogenated alkanes) is 1. The van der Waals surface area contributed by atoms with Crippen LogP contribution in [0, 0.1) is 17.5 Å². The summed E-state index contributed by atoms with van der Waals surface area (Å²) in [6, 6.07) is 1.70. The smallest absolute Gasteiger partial charge is 0.243 e. The molecule has 0 aliphatic heterocycles. The van der Waals surface area contributed by atoms with Gasteiger partial charge in [0.25, 0.3) is 0 Å². The molecule has 0 aromatic heterocycles. The largest absolute Gasteiger partial charge is 0.347 e. The second kappa shape index (κ2) is 11.7. The Balaban J connectivity index is 0.00000576. The van der Waals surface area contributed by atoms with Crippen molar-refractivity contribution in [3.63, 3.8) is 0 Å². The molecule has 0 radical (unpaired) electrons. The summed E-state index contributed by atoms with van der Waals surface area (Å²) in [6.45, 7) is 4.16. The Hall–Kier alpha value is -1.78. The number of carbonyl (C=O) groups excluding carboxylic acids is 1. The number of aliphatic imine (C=N–C) groups is 1. The maximum atomic E-state index is 13.5. The molecule has 0 spiro atoms. The molecule has 0 fully saturated rings. The van der Waals surface area contributed by atoms with Crippen LogP contribution in [-0.2, 0) is 4.79 Å². The van der Waals surface area contributed by atoms with E-state index in [1.165, 1.54) is 0 Å². The number of carbonyl (C=O) groups is 1. The summed E-state index contributed by atoms with van der Waals surface area (Å²) in [7, 11) is 3.38. The van der Waals surface area contributed by atoms with E-state index in [4.69, 9.17) is 0 Å². The maximum Gasteiger partial charge on any atom is 0.243 e. The first-order chi connectivity index (χ1) is 11.4. The van der Waals surface area contributed by atoms with Crippen molar-refractivity contribution in [2.75, 3.05) is 32.5 Å². The molecule has 0 saturated carbocycles. The SMILES string of the molecule is C=CCCCN(C)C(=NC)NCC(=O)Nc1ccc(F)c(F)c1F.I. The zero-order valence-electron chi connectivity index (χ0n) is 14.1. The van der Waals surface area contributed by atoms with Gasteiger partial charge in [0.05, 0.1) is 12.2 Å². The van der Waals surface area contributed by atoms with Crippen molar-refractivity contribution in [3.8, 4) is 0 Å². The molecule has 0 heterocycles. The van der Waals surface area contributed by atoms with Crippen molar-refractivity contribution in [2.45, 2.75) is 12.8 Å². The highest BCUT2D eigenvalue weighted by atomic mass is 127. The van der Waals surface area contributed by atoms with Crippen LogP contribution in [0.5, 0.6) is 0 Å². The Morgan fingerprint density at radius 1 is 1.32 bits per heavy atom. The molecule has 0 atom stereocenters. The molecule has 1 aromatic carbocycles. The third-order valence-electron chi connectivity index (χ3n) is 3.19. The van der Waals surface area contributed by atoms with E-state index >= 15 is 0 Å². The Morgan fingerprint density at radius 3 is 2.60 bits per heavy atom. The molecule has 1 amide bonds. The van der Waals surface area contributed by atoms with Crippen LogP contribution in [0.4, 0.5) is 18.9 Å². The molecule has 0 bridgehead atoms. The van der Waals surface area contributed by atoms with Crippen molar-refractivity contribution in [2.24, 2.45) is 4.99 Å². The minimum absolute atomic E-state index is 0. The van der Waals surface area contributed by atoms with Gasteiger partial charge < -0.3 is 15.5 Å². The molecule has 140 valence electrons.